The van der Waals surface area contributed by atoms with Gasteiger partial charge in [0.1, 0.15) is 0 Å². The lowest BCUT2D eigenvalue weighted by Crippen LogP contribution is -2.45. The van der Waals surface area contributed by atoms with Crippen LogP contribution in [0.4, 0.5) is 0 Å². The molecule has 32 heavy (non-hydrogen) atoms. The predicted octanol–water partition coefficient (Wildman–Crippen LogP) is 4.62. The number of aliphatic hydroxyl groups excluding tert-OH is 1. The van der Waals surface area contributed by atoms with Gasteiger partial charge in [-0.05, 0) is 48.9 Å². The first-order valence-corrected chi connectivity index (χ1v) is 12.0. The molecule has 2 atom stereocenters. The number of aromatic amines is 1. The van der Waals surface area contributed by atoms with E-state index in [1.807, 2.05) is 17.0 Å². The summed E-state index contributed by atoms with van der Waals surface area (Å²) in [7, 11) is 0. The smallest absolute Gasteiger partial charge is 0.253 e. The number of aromatic nitrogens is 3. The van der Waals surface area contributed by atoms with Crippen LogP contribution in [0.25, 0.3) is 22.3 Å². The lowest BCUT2D eigenvalue weighted by Gasteiger charge is -2.28. The van der Waals surface area contributed by atoms with E-state index in [9.17, 15) is 9.90 Å². The third-order valence-electron chi connectivity index (χ3n) is 6.43. The van der Waals surface area contributed by atoms with E-state index in [1.165, 1.54) is 0 Å². The third kappa shape index (κ3) is 4.06. The van der Waals surface area contributed by atoms with Gasteiger partial charge in [-0.25, -0.2) is 9.97 Å². The van der Waals surface area contributed by atoms with Crippen LogP contribution in [0.1, 0.15) is 52.7 Å². The van der Waals surface area contributed by atoms with E-state index in [0.29, 0.717) is 12.0 Å². The van der Waals surface area contributed by atoms with Gasteiger partial charge in [-0.3, -0.25) is 4.79 Å². The molecule has 6 nitrogen and oxygen atoms in total. The summed E-state index contributed by atoms with van der Waals surface area (Å²) < 4.78 is 0. The topological polar surface area (TPSA) is 90.9 Å². The molecule has 1 aliphatic rings. The first-order valence-electron chi connectivity index (χ1n) is 11.0. The SMILES string of the molecule is Cc1c(Cc2ccc(-c3cscn3)cc2)cc(C(=O)N[C@H]2CCCC[C@@H]2O)c2[nH]cnc12. The van der Waals surface area contributed by atoms with Crippen molar-refractivity contribution in [3.8, 4) is 11.3 Å². The molecule has 0 saturated heterocycles. The van der Waals surface area contributed by atoms with Crippen LogP contribution < -0.4 is 5.32 Å². The first kappa shape index (κ1) is 20.8. The summed E-state index contributed by atoms with van der Waals surface area (Å²) in [5.74, 6) is -0.162. The molecule has 7 heteroatoms. The summed E-state index contributed by atoms with van der Waals surface area (Å²) in [6, 6.07) is 10.2. The maximum Gasteiger partial charge on any atom is 0.253 e. The fourth-order valence-corrected chi connectivity index (χ4v) is 5.11. The van der Waals surface area contributed by atoms with E-state index in [1.54, 1.807) is 17.7 Å². The number of aryl methyl sites for hydroxylation is 1. The van der Waals surface area contributed by atoms with Gasteiger partial charge in [-0.2, -0.15) is 0 Å². The Labute approximate surface area is 190 Å². The number of thiazole rings is 1. The summed E-state index contributed by atoms with van der Waals surface area (Å²) in [4.78, 5) is 25.2. The average Bonchev–Trinajstić information content (AvgIpc) is 3.50. The van der Waals surface area contributed by atoms with Crippen molar-refractivity contribution in [3.63, 3.8) is 0 Å². The Bertz CT molecular complexity index is 1230. The Hall–Kier alpha value is -3.03. The molecular weight excluding hydrogens is 420 g/mol. The van der Waals surface area contributed by atoms with Gasteiger partial charge in [-0.1, -0.05) is 37.1 Å². The van der Waals surface area contributed by atoms with Crippen molar-refractivity contribution in [3.05, 3.63) is 69.8 Å². The first-order chi connectivity index (χ1) is 15.6. The lowest BCUT2D eigenvalue weighted by molar-refractivity contribution is 0.0718. The summed E-state index contributed by atoms with van der Waals surface area (Å²) in [5.41, 5.74) is 9.36. The fraction of sp³-hybridized carbons (Fsp3) is 0.320. The van der Waals surface area contributed by atoms with Crippen LogP contribution in [-0.4, -0.2) is 38.1 Å². The molecule has 1 fully saturated rings. The van der Waals surface area contributed by atoms with Gasteiger partial charge < -0.3 is 15.4 Å². The Morgan fingerprint density at radius 3 is 2.78 bits per heavy atom. The number of carbonyl (C=O) groups is 1. The summed E-state index contributed by atoms with van der Waals surface area (Å²) in [6.07, 6.45) is 5.44. The van der Waals surface area contributed by atoms with E-state index in [-0.39, 0.29) is 11.9 Å². The van der Waals surface area contributed by atoms with Crippen molar-refractivity contribution in [1.82, 2.24) is 20.3 Å². The zero-order valence-electron chi connectivity index (χ0n) is 18.0. The number of aliphatic hydroxyl groups is 1. The molecule has 1 amide bonds. The van der Waals surface area contributed by atoms with Crippen molar-refractivity contribution in [1.29, 1.82) is 0 Å². The zero-order chi connectivity index (χ0) is 22.1. The minimum Gasteiger partial charge on any atom is -0.391 e. The summed E-state index contributed by atoms with van der Waals surface area (Å²) in [6.45, 7) is 2.05. The molecule has 4 aromatic rings. The number of rotatable bonds is 5. The number of amides is 1. The molecule has 2 aromatic carbocycles. The van der Waals surface area contributed by atoms with Crippen LogP contribution in [0.2, 0.25) is 0 Å². The molecule has 1 saturated carbocycles. The fourth-order valence-electron chi connectivity index (χ4n) is 4.55. The van der Waals surface area contributed by atoms with Crippen molar-refractivity contribution in [2.45, 2.75) is 51.2 Å². The van der Waals surface area contributed by atoms with E-state index in [0.717, 1.165) is 64.7 Å². The lowest BCUT2D eigenvalue weighted by atomic mass is 9.92. The highest BCUT2D eigenvalue weighted by Crippen LogP contribution is 2.27. The number of H-pyrrole nitrogens is 1. The Balaban J connectivity index is 1.43. The molecule has 0 aliphatic heterocycles. The standard InChI is InChI=1S/C25H26N4O2S/c1-15-18(10-16-6-8-17(9-7-16)21-12-32-14-28-21)11-19(24-23(15)26-13-27-24)25(31)29-20-4-2-3-5-22(20)30/h6-9,11-14,20,22,30H,2-5,10H2,1H3,(H,26,27)(H,29,31)/t20-,22-/m0/s1. The molecular formula is C25H26N4O2S. The normalized spacial score (nSPS) is 18.7. The van der Waals surface area contributed by atoms with Crippen LogP contribution >= 0.6 is 11.3 Å². The van der Waals surface area contributed by atoms with E-state index in [2.05, 4.69) is 51.5 Å². The Morgan fingerprint density at radius 1 is 1.22 bits per heavy atom. The van der Waals surface area contributed by atoms with Crippen molar-refractivity contribution in [2.24, 2.45) is 0 Å². The van der Waals surface area contributed by atoms with Gasteiger partial charge in [0, 0.05) is 10.9 Å². The summed E-state index contributed by atoms with van der Waals surface area (Å²) in [5, 5.41) is 15.4. The predicted molar refractivity (Wildman–Crippen MR) is 127 cm³/mol. The number of benzene rings is 2. The van der Waals surface area contributed by atoms with Crippen LogP contribution in [0.5, 0.6) is 0 Å². The third-order valence-corrected chi connectivity index (χ3v) is 7.02. The molecule has 5 rings (SSSR count). The highest BCUT2D eigenvalue weighted by Gasteiger charge is 2.26. The minimum atomic E-state index is -0.480. The second kappa shape index (κ2) is 8.84. The molecule has 2 aromatic heterocycles. The van der Waals surface area contributed by atoms with Crippen LogP contribution in [-0.2, 0) is 6.42 Å². The van der Waals surface area contributed by atoms with E-state index in [4.69, 9.17) is 0 Å². The molecule has 1 aliphatic carbocycles. The van der Waals surface area contributed by atoms with Crippen LogP contribution in [0.15, 0.2) is 47.5 Å². The number of carbonyl (C=O) groups excluding carboxylic acids is 1. The van der Waals surface area contributed by atoms with Crippen LogP contribution in [0.3, 0.4) is 0 Å². The molecule has 0 spiro atoms. The quantitative estimate of drug-likeness (QED) is 0.417. The second-order valence-corrected chi connectivity index (χ2v) is 9.23. The number of fused-ring (bicyclic) bond motifs is 1. The van der Waals surface area contributed by atoms with Crippen molar-refractivity contribution >= 4 is 28.3 Å². The molecule has 2 heterocycles. The maximum atomic E-state index is 13.2. The number of nitrogens with one attached hydrogen (secondary N) is 2. The van der Waals surface area contributed by atoms with Crippen molar-refractivity contribution < 1.29 is 9.90 Å². The monoisotopic (exact) mass is 446 g/mol. The van der Waals surface area contributed by atoms with E-state index >= 15 is 0 Å². The Kier molecular flexibility index (Phi) is 5.76. The largest absolute Gasteiger partial charge is 0.391 e. The number of hydrogen-bond acceptors (Lipinski definition) is 5. The summed E-state index contributed by atoms with van der Waals surface area (Å²) >= 11 is 1.59. The van der Waals surface area contributed by atoms with Gasteiger partial charge in [0.05, 0.1) is 46.3 Å². The van der Waals surface area contributed by atoms with E-state index < -0.39 is 6.10 Å². The average molecular weight is 447 g/mol. The molecule has 0 radical (unpaired) electrons. The Morgan fingerprint density at radius 2 is 2.03 bits per heavy atom. The van der Waals surface area contributed by atoms with Gasteiger partial charge in [0.15, 0.2) is 0 Å². The zero-order valence-corrected chi connectivity index (χ0v) is 18.8. The van der Waals surface area contributed by atoms with Gasteiger partial charge >= 0.3 is 0 Å². The van der Waals surface area contributed by atoms with Crippen molar-refractivity contribution in [2.75, 3.05) is 0 Å². The van der Waals surface area contributed by atoms with Gasteiger partial charge in [0.25, 0.3) is 5.91 Å². The number of imidazole rings is 1. The highest BCUT2D eigenvalue weighted by molar-refractivity contribution is 7.07. The molecule has 0 unspecified atom stereocenters. The maximum absolute atomic E-state index is 13.2. The number of hydrogen-bond donors (Lipinski definition) is 3. The van der Waals surface area contributed by atoms with Gasteiger partial charge in [-0.15, -0.1) is 11.3 Å². The second-order valence-electron chi connectivity index (χ2n) is 8.51. The molecule has 3 N–H and O–H groups in total. The van der Waals surface area contributed by atoms with Gasteiger partial charge in [0.2, 0.25) is 0 Å². The highest BCUT2D eigenvalue weighted by atomic mass is 32.1. The molecule has 0 bridgehead atoms. The number of nitrogens with zero attached hydrogens (tertiary/aromatic N) is 2. The molecule has 164 valence electrons. The van der Waals surface area contributed by atoms with Crippen LogP contribution in [0, 0.1) is 6.92 Å². The minimum absolute atomic E-state index is 0.162.